The quantitative estimate of drug-likeness (QED) is 0.367. The number of nitrogens with one attached hydrogen (secondary N) is 2. The molecule has 0 bridgehead atoms. The zero-order valence-electron chi connectivity index (χ0n) is 16.4. The van der Waals surface area contributed by atoms with Crippen LogP contribution >= 0.6 is 0 Å². The van der Waals surface area contributed by atoms with Crippen molar-refractivity contribution in [3.05, 3.63) is 23.6 Å². The maximum atomic E-state index is 12.0. The Labute approximate surface area is 159 Å². The fraction of sp³-hybridized carbons (Fsp3) is 0.611. The zero-order chi connectivity index (χ0) is 20.4. The lowest BCUT2D eigenvalue weighted by atomic mass is 10.1. The Morgan fingerprint density at radius 3 is 2.41 bits per heavy atom. The third-order valence-electron chi connectivity index (χ3n) is 3.00. The normalized spacial score (nSPS) is 16.3. The van der Waals surface area contributed by atoms with Crippen LogP contribution in [0.25, 0.3) is 0 Å². The number of amides is 1. The minimum Gasteiger partial charge on any atom is -0.492 e. The Bertz CT molecular complexity index is 605. The summed E-state index contributed by atoms with van der Waals surface area (Å²) in [7, 11) is 0. The zero-order valence-corrected chi connectivity index (χ0v) is 16.4. The van der Waals surface area contributed by atoms with Crippen LogP contribution in [0.4, 0.5) is 4.79 Å². The molecule has 27 heavy (non-hydrogen) atoms. The first kappa shape index (κ1) is 22.3. The van der Waals surface area contributed by atoms with Crippen LogP contribution in [0.3, 0.4) is 0 Å². The molecule has 1 aliphatic heterocycles. The number of esters is 2. The highest BCUT2D eigenvalue weighted by atomic mass is 16.6. The molecule has 1 heterocycles. The van der Waals surface area contributed by atoms with Gasteiger partial charge in [0.15, 0.2) is 0 Å². The average molecular weight is 384 g/mol. The van der Waals surface area contributed by atoms with E-state index in [1.807, 2.05) is 0 Å². The maximum absolute atomic E-state index is 12.0. The molecule has 0 radical (unpaired) electrons. The molecule has 0 saturated heterocycles. The van der Waals surface area contributed by atoms with Crippen LogP contribution < -0.4 is 10.6 Å². The molecule has 9 nitrogen and oxygen atoms in total. The third-order valence-corrected chi connectivity index (χ3v) is 3.00. The van der Waals surface area contributed by atoms with Gasteiger partial charge < -0.3 is 29.6 Å². The van der Waals surface area contributed by atoms with Crippen molar-refractivity contribution in [3.63, 3.8) is 0 Å². The van der Waals surface area contributed by atoms with Crippen LogP contribution in [0.15, 0.2) is 23.6 Å². The molecule has 0 spiro atoms. The van der Waals surface area contributed by atoms with E-state index in [2.05, 4.69) is 10.6 Å². The molecule has 1 aliphatic rings. The molecule has 0 aromatic rings. The lowest BCUT2D eigenvalue weighted by Crippen LogP contribution is -2.41. The van der Waals surface area contributed by atoms with Crippen molar-refractivity contribution in [3.8, 4) is 0 Å². The highest BCUT2D eigenvalue weighted by Gasteiger charge is 2.26. The van der Waals surface area contributed by atoms with E-state index in [-0.39, 0.29) is 32.1 Å². The molecule has 2 N–H and O–H groups in total. The molecular formula is C18H28N2O7. The highest BCUT2D eigenvalue weighted by molar-refractivity contribution is 5.91. The van der Waals surface area contributed by atoms with Gasteiger partial charge >= 0.3 is 18.0 Å². The van der Waals surface area contributed by atoms with E-state index in [0.29, 0.717) is 5.76 Å². The maximum Gasteiger partial charge on any atom is 0.407 e. The van der Waals surface area contributed by atoms with Gasteiger partial charge in [0.1, 0.15) is 29.7 Å². The number of alkyl carbamates (subject to hydrolysis) is 1. The lowest BCUT2D eigenvalue weighted by Gasteiger charge is -2.22. The van der Waals surface area contributed by atoms with Gasteiger partial charge in [0.2, 0.25) is 0 Å². The van der Waals surface area contributed by atoms with Crippen LogP contribution in [0, 0.1) is 0 Å². The summed E-state index contributed by atoms with van der Waals surface area (Å²) in [5.41, 5.74) is -0.500. The summed E-state index contributed by atoms with van der Waals surface area (Å²) in [6.07, 6.45) is 2.37. The van der Waals surface area contributed by atoms with E-state index < -0.39 is 29.7 Å². The first-order chi connectivity index (χ1) is 12.7. The first-order valence-electron chi connectivity index (χ1n) is 8.79. The van der Waals surface area contributed by atoms with Crippen LogP contribution in [-0.2, 0) is 28.5 Å². The Morgan fingerprint density at radius 2 is 1.81 bits per heavy atom. The largest absolute Gasteiger partial charge is 0.492 e. The highest BCUT2D eigenvalue weighted by Crippen LogP contribution is 2.14. The van der Waals surface area contributed by atoms with Gasteiger partial charge in [0.05, 0.1) is 19.8 Å². The number of allylic oxidation sites excluding steroid dienone is 1. The molecule has 1 amide bonds. The van der Waals surface area contributed by atoms with Gasteiger partial charge in [-0.1, -0.05) is 0 Å². The molecule has 0 aromatic carbocycles. The number of hydrogen-bond acceptors (Lipinski definition) is 8. The van der Waals surface area contributed by atoms with Gasteiger partial charge in [-0.15, -0.1) is 0 Å². The monoisotopic (exact) mass is 384 g/mol. The summed E-state index contributed by atoms with van der Waals surface area (Å²) in [5.74, 6) is -0.853. The predicted molar refractivity (Wildman–Crippen MR) is 96.5 cm³/mol. The molecule has 152 valence electrons. The van der Waals surface area contributed by atoms with Crippen molar-refractivity contribution in [1.29, 1.82) is 0 Å². The number of hydrogen-bond donors (Lipinski definition) is 2. The van der Waals surface area contributed by atoms with Crippen LogP contribution in [0.2, 0.25) is 0 Å². The second-order valence-electron chi connectivity index (χ2n) is 6.50. The second kappa shape index (κ2) is 10.4. The second-order valence-corrected chi connectivity index (χ2v) is 6.50. The van der Waals surface area contributed by atoms with Crippen LogP contribution in [0.1, 0.15) is 34.6 Å². The Balaban J connectivity index is 2.66. The molecule has 0 aliphatic carbocycles. The SMILES string of the molecule is CCOC(=O)C1=CC(OCCNC(=O)OC(C)(C)C)=CC(C(=O)OCC)N1. The van der Waals surface area contributed by atoms with Gasteiger partial charge in [0.25, 0.3) is 0 Å². The fourth-order valence-electron chi connectivity index (χ4n) is 2.02. The van der Waals surface area contributed by atoms with E-state index >= 15 is 0 Å². The van der Waals surface area contributed by atoms with Crippen LogP contribution in [0.5, 0.6) is 0 Å². The van der Waals surface area contributed by atoms with E-state index in [4.69, 9.17) is 18.9 Å². The molecule has 1 rings (SSSR count). The number of ether oxygens (including phenoxy) is 4. The summed E-state index contributed by atoms with van der Waals surface area (Å²) < 4.78 is 20.6. The standard InChI is InChI=1S/C18H28N2O7/c1-6-24-15(21)13-10-12(11-14(20-13)16(22)25-7-2)26-9-8-19-17(23)27-18(3,4)5/h10-11,13,20H,6-9H2,1-5H3,(H,19,23). The van der Waals surface area contributed by atoms with Gasteiger partial charge in [-0.3, -0.25) is 0 Å². The molecule has 1 unspecified atom stereocenters. The van der Waals surface area contributed by atoms with E-state index in [1.165, 1.54) is 12.2 Å². The van der Waals surface area contributed by atoms with Crippen molar-refractivity contribution in [2.45, 2.75) is 46.3 Å². The topological polar surface area (TPSA) is 112 Å². The Kier molecular flexibility index (Phi) is 8.64. The van der Waals surface area contributed by atoms with E-state index in [0.717, 1.165) is 0 Å². The van der Waals surface area contributed by atoms with Crippen molar-refractivity contribution in [2.75, 3.05) is 26.4 Å². The van der Waals surface area contributed by atoms with Crippen molar-refractivity contribution in [1.82, 2.24) is 10.6 Å². The van der Waals surface area contributed by atoms with Gasteiger partial charge in [-0.2, -0.15) is 0 Å². The number of carbonyl (C=O) groups excluding carboxylic acids is 3. The lowest BCUT2D eigenvalue weighted by molar-refractivity contribution is -0.144. The van der Waals surface area contributed by atoms with Crippen molar-refractivity contribution in [2.24, 2.45) is 0 Å². The van der Waals surface area contributed by atoms with E-state index in [9.17, 15) is 14.4 Å². The third kappa shape index (κ3) is 8.48. The molecule has 9 heteroatoms. The van der Waals surface area contributed by atoms with Crippen LogP contribution in [-0.4, -0.2) is 56.0 Å². The summed E-state index contributed by atoms with van der Waals surface area (Å²) in [6, 6.07) is -0.872. The fourth-order valence-corrected chi connectivity index (χ4v) is 2.02. The minimum absolute atomic E-state index is 0.0903. The summed E-state index contributed by atoms with van der Waals surface area (Å²) in [5, 5.41) is 5.31. The van der Waals surface area contributed by atoms with Gasteiger partial charge in [-0.05, 0) is 40.7 Å². The summed E-state index contributed by atoms with van der Waals surface area (Å²) in [4.78, 5) is 35.5. The minimum atomic E-state index is -0.872. The number of carbonyl (C=O) groups is 3. The molecule has 1 atom stereocenters. The first-order valence-corrected chi connectivity index (χ1v) is 8.79. The van der Waals surface area contributed by atoms with E-state index in [1.54, 1.807) is 34.6 Å². The summed E-state index contributed by atoms with van der Waals surface area (Å²) in [6.45, 7) is 9.37. The smallest absolute Gasteiger partial charge is 0.407 e. The Morgan fingerprint density at radius 1 is 1.15 bits per heavy atom. The molecule has 0 fully saturated rings. The average Bonchev–Trinajstić information content (AvgIpc) is 2.57. The number of rotatable bonds is 8. The Hall–Kier alpha value is -2.71. The van der Waals surface area contributed by atoms with Crippen molar-refractivity contribution < 1.29 is 33.3 Å². The molecular weight excluding hydrogens is 356 g/mol. The van der Waals surface area contributed by atoms with Gasteiger partial charge in [-0.25, -0.2) is 14.4 Å². The molecule has 0 saturated carbocycles. The summed E-state index contributed by atoms with van der Waals surface area (Å²) >= 11 is 0. The van der Waals surface area contributed by atoms with Crippen molar-refractivity contribution >= 4 is 18.0 Å². The van der Waals surface area contributed by atoms with Gasteiger partial charge in [0, 0.05) is 6.08 Å². The molecule has 0 aromatic heterocycles. The number of dihydropyridines is 1. The predicted octanol–water partition coefficient (Wildman–Crippen LogP) is 1.39.